The number of esters is 2. The number of hydrogen-bond acceptors (Lipinski definition) is 16. The molecule has 0 amide bonds. The summed E-state index contributed by atoms with van der Waals surface area (Å²) in [6.07, 6.45) is 3.24. The third kappa shape index (κ3) is 18.2. The summed E-state index contributed by atoms with van der Waals surface area (Å²) < 4.78 is 59.2. The van der Waals surface area contributed by atoms with E-state index < -0.39 is 53.0 Å². The molecule has 0 unspecified atom stereocenters. The smallest absolute Gasteiger partial charge is 0.493 e. The van der Waals surface area contributed by atoms with Crippen molar-refractivity contribution in [3.05, 3.63) is 180 Å². The number of carboxylic acids is 1. The Labute approximate surface area is 633 Å². The maximum absolute atomic E-state index is 13.0. The minimum Gasteiger partial charge on any atom is -0.493 e. The van der Waals surface area contributed by atoms with Gasteiger partial charge < -0.3 is 52.3 Å². The monoisotopic (exact) mass is 1540 g/mol. The molecule has 105 heavy (non-hydrogen) atoms. The average Bonchev–Trinajstić information content (AvgIpc) is 1.68. The summed E-state index contributed by atoms with van der Waals surface area (Å²) in [5, 5.41) is 13.1. The van der Waals surface area contributed by atoms with Gasteiger partial charge in [0.2, 0.25) is 0 Å². The van der Waals surface area contributed by atoms with E-state index in [1.807, 2.05) is 157 Å². The first kappa shape index (κ1) is 79.5. The predicted octanol–water partition coefficient (Wildman–Crippen LogP) is 18.5. The van der Waals surface area contributed by atoms with Crippen molar-refractivity contribution in [2.45, 2.75) is 216 Å². The Morgan fingerprint density at radius 1 is 0.476 bits per heavy atom. The van der Waals surface area contributed by atoms with Gasteiger partial charge in [0.25, 0.3) is 0 Å². The second-order valence-electron chi connectivity index (χ2n) is 31.5. The van der Waals surface area contributed by atoms with Crippen LogP contribution in [-0.4, -0.2) is 107 Å². The normalized spacial score (nSPS) is 16.0. The Kier molecular flexibility index (Phi) is 24.4. The van der Waals surface area contributed by atoms with Crippen LogP contribution in [0, 0.1) is 45.1 Å². The highest BCUT2D eigenvalue weighted by molar-refractivity contribution is 14.1. The molecule has 4 aliphatic heterocycles. The highest BCUT2D eigenvalue weighted by atomic mass is 127. The Morgan fingerprint density at radius 3 is 1.20 bits per heavy atom. The summed E-state index contributed by atoms with van der Waals surface area (Å²) >= 11 is 2.25. The fraction of sp³-hybridized carbons (Fsp3) is 0.442. The third-order valence-corrected chi connectivity index (χ3v) is 20.6. The molecule has 7 heterocycles. The Hall–Kier alpha value is -8.05. The van der Waals surface area contributed by atoms with Crippen LogP contribution in [-0.2, 0) is 66.6 Å². The van der Waals surface area contributed by atoms with E-state index in [1.54, 1.807) is 0 Å². The van der Waals surface area contributed by atoms with Crippen LogP contribution < -0.4 is 19.7 Å². The fourth-order valence-corrected chi connectivity index (χ4v) is 14.9. The summed E-state index contributed by atoms with van der Waals surface area (Å²) in [6, 6.07) is 36.7. The Morgan fingerprint density at radius 2 is 0.810 bits per heavy atom. The van der Waals surface area contributed by atoms with Crippen LogP contribution >= 0.6 is 22.6 Å². The number of ether oxygens (including phenoxy) is 8. The SMILES string of the molecule is COC(=O)[C@@H](OC(C)(C)C)c1c(C)nc2ccccc2c1-c1cc2c(cc1C)OCCC2.COC(=O)[C@@H](OC(C)(C)C)c1c(C)nc2ccccc2c1I.Cc1cc2c(cc1-c1c([C@H](OC(C)(C)C)C(=O)O)c(C)nc3ccccc13)CCCO2.Cc1cc2c(cc1B1OC(C)(C)C(C)(C)O1)CCCO2. The number of aliphatic carboxylic acids is 1. The molecule has 0 bridgehead atoms. The van der Waals surface area contributed by atoms with E-state index in [0.29, 0.717) is 11.3 Å². The van der Waals surface area contributed by atoms with Gasteiger partial charge in [-0.2, -0.15) is 0 Å². The second-order valence-corrected chi connectivity index (χ2v) is 32.6. The number of methoxy groups -OCH3 is 2. The van der Waals surface area contributed by atoms with Crippen LogP contribution in [0.15, 0.2) is 109 Å². The molecule has 556 valence electrons. The van der Waals surface area contributed by atoms with Crippen molar-refractivity contribution in [3.8, 4) is 39.5 Å². The van der Waals surface area contributed by atoms with Gasteiger partial charge in [0, 0.05) is 53.5 Å². The molecule has 0 spiro atoms. The summed E-state index contributed by atoms with van der Waals surface area (Å²) in [5.74, 6) is 1.03. The van der Waals surface area contributed by atoms with Crippen LogP contribution in [0.3, 0.4) is 0 Å². The van der Waals surface area contributed by atoms with Crippen molar-refractivity contribution in [1.29, 1.82) is 0 Å². The molecule has 3 atom stereocenters. The first-order valence-electron chi connectivity index (χ1n) is 36.3. The highest BCUT2D eigenvalue weighted by Gasteiger charge is 2.52. The van der Waals surface area contributed by atoms with Gasteiger partial charge in [-0.1, -0.05) is 60.7 Å². The summed E-state index contributed by atoms with van der Waals surface area (Å²) in [7, 11) is 2.48. The maximum atomic E-state index is 13.0. The van der Waals surface area contributed by atoms with Gasteiger partial charge in [-0.15, -0.1) is 0 Å². The van der Waals surface area contributed by atoms with Gasteiger partial charge in [-0.25, -0.2) is 14.4 Å². The lowest BCUT2D eigenvalue weighted by molar-refractivity contribution is -0.164. The lowest BCUT2D eigenvalue weighted by Gasteiger charge is -2.32. The number of carbonyl (C=O) groups is 3. The number of hydrogen-bond donors (Lipinski definition) is 1. The number of pyridine rings is 3. The number of aromatic nitrogens is 3. The first-order valence-corrected chi connectivity index (χ1v) is 37.4. The summed E-state index contributed by atoms with van der Waals surface area (Å²) in [4.78, 5) is 51.8. The van der Waals surface area contributed by atoms with Crippen molar-refractivity contribution in [3.63, 3.8) is 0 Å². The Balaban J connectivity index is 0.000000153. The molecule has 13 rings (SSSR count). The van der Waals surface area contributed by atoms with Crippen molar-refractivity contribution < 1.29 is 66.7 Å². The molecule has 1 saturated heterocycles. The van der Waals surface area contributed by atoms with Crippen molar-refractivity contribution in [2.75, 3.05) is 34.0 Å². The molecule has 17 nitrogen and oxygen atoms in total. The van der Waals surface area contributed by atoms with Gasteiger partial charge in [0.05, 0.1) is 78.6 Å². The van der Waals surface area contributed by atoms with E-state index in [1.165, 1.54) is 30.9 Å². The lowest BCUT2D eigenvalue weighted by Crippen LogP contribution is -2.41. The largest absolute Gasteiger partial charge is 0.495 e. The second kappa shape index (κ2) is 32.2. The first-order chi connectivity index (χ1) is 49.4. The molecule has 4 aliphatic rings. The van der Waals surface area contributed by atoms with Crippen LogP contribution in [0.5, 0.6) is 17.2 Å². The number of benzene rings is 6. The quantitative estimate of drug-likeness (QED) is 0.0686. The number of aryl methyl sites for hydroxylation is 9. The van der Waals surface area contributed by atoms with Gasteiger partial charge in [0.15, 0.2) is 18.3 Å². The predicted molar refractivity (Wildman–Crippen MR) is 423 cm³/mol. The van der Waals surface area contributed by atoms with E-state index in [2.05, 4.69) is 112 Å². The highest BCUT2D eigenvalue weighted by Crippen LogP contribution is 2.46. The summed E-state index contributed by atoms with van der Waals surface area (Å²) in [5.41, 5.74) is 16.7. The molecule has 9 aromatic rings. The van der Waals surface area contributed by atoms with Crippen LogP contribution in [0.1, 0.15) is 195 Å². The summed E-state index contributed by atoms with van der Waals surface area (Å²) in [6.45, 7) is 39.7. The molecule has 19 heteroatoms. The molecular weight excluding hydrogens is 1440 g/mol. The minimum atomic E-state index is -1.13. The molecule has 1 fully saturated rings. The van der Waals surface area contributed by atoms with Crippen LogP contribution in [0.25, 0.3) is 55.0 Å². The zero-order valence-corrected chi connectivity index (χ0v) is 67.2. The Bertz CT molecular complexity index is 4720. The zero-order chi connectivity index (χ0) is 76.4. The van der Waals surface area contributed by atoms with Crippen LogP contribution in [0.2, 0.25) is 0 Å². The minimum absolute atomic E-state index is 0.285. The van der Waals surface area contributed by atoms with Crippen molar-refractivity contribution in [1.82, 2.24) is 15.0 Å². The van der Waals surface area contributed by atoms with E-state index in [9.17, 15) is 19.5 Å². The number of para-hydroxylation sites is 3. The number of carboxylic acid groups (broad SMARTS) is 1. The topological polar surface area (TPSA) is 202 Å². The number of rotatable bonds is 12. The number of carbonyl (C=O) groups excluding carboxylic acids is 2. The molecule has 0 aliphatic carbocycles. The lowest BCUT2D eigenvalue weighted by atomic mass is 9.75. The number of fused-ring (bicyclic) bond motifs is 6. The van der Waals surface area contributed by atoms with E-state index in [0.717, 1.165) is 179 Å². The van der Waals surface area contributed by atoms with Gasteiger partial charge in [0.1, 0.15) is 17.2 Å². The van der Waals surface area contributed by atoms with E-state index in [-0.39, 0.29) is 18.3 Å². The maximum Gasteiger partial charge on any atom is 0.495 e. The number of halogens is 1. The molecule has 0 radical (unpaired) electrons. The third-order valence-electron chi connectivity index (χ3n) is 19.4. The standard InChI is InChI=1S/C27H31NO4.C26H29NO4.C17H20INO3.C16H23BO3/c1-16-14-22-18(10-9-13-31-22)15-20(16)24-19-11-7-8-12-21(19)28-17(2)23(24)25(26(29)30-6)32-27(3,4)5;1-15-13-21-17(9-8-12-30-21)14-19(15)23-18-10-6-7-11-20(18)27-16(2)22(23)24(25(28)29)31-26(3,4)5;1-10-13(15(16(20)21-5)22-17(2,3)4)14(18)11-8-6-7-9-12(11)19-10;1-11-9-14-12(7-6-8-18-14)10-13(11)17-19-15(2,3)16(4,5)20-17/h7-8,11-12,14-15,25H,9-10,13H2,1-6H3;6-7,10-11,13-14,24H,8-9,12H2,1-5H3,(H,28,29);6-9,15H,1-5H3;9-10H,6-8H2,1-5H3/t25-;24-;15-;/m000./s1. The van der Waals surface area contributed by atoms with Gasteiger partial charge >= 0.3 is 25.0 Å². The van der Waals surface area contributed by atoms with E-state index in [4.69, 9.17) is 57.2 Å². The fourth-order valence-electron chi connectivity index (χ4n) is 13.8. The van der Waals surface area contributed by atoms with Gasteiger partial charge in [-0.3, -0.25) is 15.0 Å². The van der Waals surface area contributed by atoms with Crippen molar-refractivity contribution in [2.24, 2.45) is 0 Å². The molecule has 0 saturated carbocycles. The van der Waals surface area contributed by atoms with Crippen LogP contribution in [0.4, 0.5) is 0 Å². The molecule has 3 aromatic heterocycles. The molecule has 1 N–H and O–H groups in total. The number of nitrogens with zero attached hydrogens (tertiary/aromatic N) is 3. The molecular formula is C86H103BIN3O14. The average molecular weight is 1540 g/mol. The van der Waals surface area contributed by atoms with Crippen molar-refractivity contribution >= 4 is 85.8 Å². The molecule has 6 aromatic carbocycles. The van der Waals surface area contributed by atoms with E-state index >= 15 is 0 Å². The zero-order valence-electron chi connectivity index (χ0n) is 65.0. The van der Waals surface area contributed by atoms with Gasteiger partial charge in [-0.05, 0) is 302 Å².